The first kappa shape index (κ1) is 14.8. The SMILES string of the molecule is COc1ccc(OC)c(C(=O)CN2CCC(N)CC2)c1. The zero-order valence-electron chi connectivity index (χ0n) is 12.1. The third kappa shape index (κ3) is 3.49. The standard InChI is InChI=1S/C15H22N2O3/c1-19-12-3-4-15(20-2)13(9-12)14(18)10-17-7-5-11(16)6-8-17/h3-4,9,11H,5-8,10,16H2,1-2H3. The van der Waals surface area contributed by atoms with Gasteiger partial charge in [0.25, 0.3) is 0 Å². The van der Waals surface area contributed by atoms with Crippen LogP contribution in [-0.2, 0) is 0 Å². The Bertz CT molecular complexity index is 468. The van der Waals surface area contributed by atoms with Crippen LogP contribution in [0.2, 0.25) is 0 Å². The molecule has 0 radical (unpaired) electrons. The van der Waals surface area contributed by atoms with Crippen LogP contribution in [0, 0.1) is 0 Å². The van der Waals surface area contributed by atoms with Gasteiger partial charge in [-0.3, -0.25) is 9.69 Å². The number of nitrogens with zero attached hydrogens (tertiary/aromatic N) is 1. The summed E-state index contributed by atoms with van der Waals surface area (Å²) in [5.41, 5.74) is 6.45. The van der Waals surface area contributed by atoms with Crippen LogP contribution in [-0.4, -0.2) is 50.6 Å². The second-order valence-corrected chi connectivity index (χ2v) is 5.10. The van der Waals surface area contributed by atoms with E-state index in [2.05, 4.69) is 4.90 Å². The molecule has 5 nitrogen and oxygen atoms in total. The normalized spacial score (nSPS) is 16.9. The number of carbonyl (C=O) groups is 1. The summed E-state index contributed by atoms with van der Waals surface area (Å²) in [6, 6.07) is 5.55. The van der Waals surface area contributed by atoms with E-state index in [4.69, 9.17) is 15.2 Å². The molecule has 0 atom stereocenters. The van der Waals surface area contributed by atoms with Crippen molar-refractivity contribution in [3.63, 3.8) is 0 Å². The summed E-state index contributed by atoms with van der Waals surface area (Å²) in [5.74, 6) is 1.30. The van der Waals surface area contributed by atoms with Crippen molar-refractivity contribution in [1.29, 1.82) is 0 Å². The molecule has 1 heterocycles. The molecule has 2 rings (SSSR count). The Balaban J connectivity index is 2.08. The molecule has 1 saturated heterocycles. The lowest BCUT2D eigenvalue weighted by Gasteiger charge is -2.29. The number of nitrogens with two attached hydrogens (primary N) is 1. The highest BCUT2D eigenvalue weighted by molar-refractivity contribution is 6.00. The molecular weight excluding hydrogens is 256 g/mol. The lowest BCUT2D eigenvalue weighted by molar-refractivity contribution is 0.0906. The highest BCUT2D eigenvalue weighted by Crippen LogP contribution is 2.24. The maximum Gasteiger partial charge on any atom is 0.180 e. The lowest BCUT2D eigenvalue weighted by atomic mass is 10.0. The van der Waals surface area contributed by atoms with E-state index in [1.165, 1.54) is 0 Å². The van der Waals surface area contributed by atoms with Gasteiger partial charge in [0.1, 0.15) is 11.5 Å². The van der Waals surface area contributed by atoms with Gasteiger partial charge in [-0.2, -0.15) is 0 Å². The highest BCUT2D eigenvalue weighted by Gasteiger charge is 2.21. The van der Waals surface area contributed by atoms with Crippen molar-refractivity contribution in [2.24, 2.45) is 5.73 Å². The fourth-order valence-corrected chi connectivity index (χ4v) is 2.43. The molecule has 20 heavy (non-hydrogen) atoms. The molecule has 1 aromatic rings. The number of benzene rings is 1. The number of Topliss-reactive ketones (excluding diaryl/α,β-unsaturated/α-hetero) is 1. The summed E-state index contributed by atoms with van der Waals surface area (Å²) in [5, 5.41) is 0. The minimum atomic E-state index is 0.0521. The molecule has 0 aliphatic carbocycles. The first-order valence-corrected chi connectivity index (χ1v) is 6.87. The van der Waals surface area contributed by atoms with E-state index in [1.807, 2.05) is 0 Å². The average Bonchev–Trinajstić information content (AvgIpc) is 2.48. The number of piperidine rings is 1. The van der Waals surface area contributed by atoms with Gasteiger partial charge in [0.2, 0.25) is 0 Å². The molecule has 0 spiro atoms. The van der Waals surface area contributed by atoms with Gasteiger partial charge in [-0.05, 0) is 31.0 Å². The predicted molar refractivity (Wildman–Crippen MR) is 77.5 cm³/mol. The fraction of sp³-hybridized carbons (Fsp3) is 0.533. The molecule has 1 aromatic carbocycles. The second-order valence-electron chi connectivity index (χ2n) is 5.10. The molecular formula is C15H22N2O3. The average molecular weight is 278 g/mol. The van der Waals surface area contributed by atoms with Gasteiger partial charge in [0.15, 0.2) is 5.78 Å². The van der Waals surface area contributed by atoms with Crippen LogP contribution >= 0.6 is 0 Å². The summed E-state index contributed by atoms with van der Waals surface area (Å²) >= 11 is 0. The van der Waals surface area contributed by atoms with Crippen molar-refractivity contribution < 1.29 is 14.3 Å². The maximum absolute atomic E-state index is 12.4. The Morgan fingerprint density at radius 3 is 2.60 bits per heavy atom. The zero-order valence-corrected chi connectivity index (χ0v) is 12.1. The minimum absolute atomic E-state index is 0.0521. The molecule has 0 saturated carbocycles. The van der Waals surface area contributed by atoms with Crippen LogP contribution in [0.4, 0.5) is 0 Å². The van der Waals surface area contributed by atoms with E-state index in [1.54, 1.807) is 32.4 Å². The number of ether oxygens (including phenoxy) is 2. The van der Waals surface area contributed by atoms with E-state index in [0.29, 0.717) is 23.6 Å². The van der Waals surface area contributed by atoms with Crippen molar-refractivity contribution in [3.8, 4) is 11.5 Å². The van der Waals surface area contributed by atoms with Crippen molar-refractivity contribution >= 4 is 5.78 Å². The number of hydrogen-bond donors (Lipinski definition) is 1. The highest BCUT2D eigenvalue weighted by atomic mass is 16.5. The maximum atomic E-state index is 12.4. The molecule has 0 bridgehead atoms. The Kier molecular flexibility index (Phi) is 4.98. The van der Waals surface area contributed by atoms with Gasteiger partial charge >= 0.3 is 0 Å². The lowest BCUT2D eigenvalue weighted by Crippen LogP contribution is -2.41. The summed E-state index contributed by atoms with van der Waals surface area (Å²) in [7, 11) is 3.15. The van der Waals surface area contributed by atoms with Crippen molar-refractivity contribution in [2.75, 3.05) is 33.9 Å². The van der Waals surface area contributed by atoms with Crippen LogP contribution in [0.25, 0.3) is 0 Å². The van der Waals surface area contributed by atoms with Gasteiger partial charge in [-0.25, -0.2) is 0 Å². The molecule has 0 unspecified atom stereocenters. The van der Waals surface area contributed by atoms with Gasteiger partial charge < -0.3 is 15.2 Å². The zero-order chi connectivity index (χ0) is 14.5. The number of likely N-dealkylation sites (tertiary alicyclic amines) is 1. The third-order valence-electron chi connectivity index (χ3n) is 3.71. The van der Waals surface area contributed by atoms with Crippen molar-refractivity contribution in [2.45, 2.75) is 18.9 Å². The summed E-state index contributed by atoms with van der Waals surface area (Å²) < 4.78 is 10.4. The molecule has 1 fully saturated rings. The smallest absolute Gasteiger partial charge is 0.180 e. The quantitative estimate of drug-likeness (QED) is 0.823. The number of rotatable bonds is 5. The van der Waals surface area contributed by atoms with E-state index in [9.17, 15) is 4.79 Å². The number of methoxy groups -OCH3 is 2. The van der Waals surface area contributed by atoms with E-state index >= 15 is 0 Å². The first-order chi connectivity index (χ1) is 9.63. The molecule has 1 aliphatic heterocycles. The van der Waals surface area contributed by atoms with Crippen LogP contribution in [0.5, 0.6) is 11.5 Å². The number of ketones is 1. The van der Waals surface area contributed by atoms with Crippen LogP contribution in [0.1, 0.15) is 23.2 Å². The Labute approximate surface area is 119 Å². The Morgan fingerprint density at radius 1 is 1.30 bits per heavy atom. The monoisotopic (exact) mass is 278 g/mol. The number of carbonyl (C=O) groups excluding carboxylic acids is 1. The molecule has 2 N–H and O–H groups in total. The van der Waals surface area contributed by atoms with Crippen molar-refractivity contribution in [3.05, 3.63) is 23.8 Å². The topological polar surface area (TPSA) is 64.8 Å². The number of hydrogen-bond acceptors (Lipinski definition) is 5. The molecule has 0 amide bonds. The molecule has 1 aliphatic rings. The predicted octanol–water partition coefficient (Wildman–Crippen LogP) is 1.31. The molecule has 0 aromatic heterocycles. The van der Waals surface area contributed by atoms with Gasteiger partial charge in [0.05, 0.1) is 26.3 Å². The van der Waals surface area contributed by atoms with Gasteiger partial charge in [-0.15, -0.1) is 0 Å². The third-order valence-corrected chi connectivity index (χ3v) is 3.71. The van der Waals surface area contributed by atoms with Crippen LogP contribution in [0.3, 0.4) is 0 Å². The summed E-state index contributed by atoms with van der Waals surface area (Å²) in [4.78, 5) is 14.6. The Morgan fingerprint density at radius 2 is 2.00 bits per heavy atom. The van der Waals surface area contributed by atoms with Crippen molar-refractivity contribution in [1.82, 2.24) is 4.90 Å². The summed E-state index contributed by atoms with van der Waals surface area (Å²) in [6.07, 6.45) is 1.89. The van der Waals surface area contributed by atoms with E-state index in [0.717, 1.165) is 25.9 Å². The Hall–Kier alpha value is -1.59. The largest absolute Gasteiger partial charge is 0.497 e. The molecule has 5 heteroatoms. The van der Waals surface area contributed by atoms with E-state index in [-0.39, 0.29) is 11.8 Å². The van der Waals surface area contributed by atoms with Gasteiger partial charge in [0, 0.05) is 19.1 Å². The van der Waals surface area contributed by atoms with Crippen LogP contribution in [0.15, 0.2) is 18.2 Å². The summed E-state index contributed by atoms with van der Waals surface area (Å²) in [6.45, 7) is 2.15. The fourth-order valence-electron chi connectivity index (χ4n) is 2.43. The second kappa shape index (κ2) is 6.72. The first-order valence-electron chi connectivity index (χ1n) is 6.87. The van der Waals surface area contributed by atoms with Crippen LogP contribution < -0.4 is 15.2 Å². The molecule has 110 valence electrons. The van der Waals surface area contributed by atoms with Gasteiger partial charge in [-0.1, -0.05) is 0 Å². The van der Waals surface area contributed by atoms with E-state index < -0.39 is 0 Å². The minimum Gasteiger partial charge on any atom is -0.497 e.